The number of nitrogens with one attached hydrogen (secondary N) is 2. The van der Waals surface area contributed by atoms with Gasteiger partial charge in [-0.3, -0.25) is 4.99 Å². The van der Waals surface area contributed by atoms with E-state index in [4.69, 9.17) is 4.74 Å². The second-order valence-electron chi connectivity index (χ2n) is 4.83. The SMILES string of the molecule is CN=C(NCCS(C)(=O)=O)NCc1cc(OC)ccc1OC(F)F.I. The Kier molecular flexibility index (Phi) is 10.7. The van der Waals surface area contributed by atoms with Gasteiger partial charge < -0.3 is 20.1 Å². The highest BCUT2D eigenvalue weighted by molar-refractivity contribution is 14.0. The minimum Gasteiger partial charge on any atom is -0.497 e. The Labute approximate surface area is 163 Å². The first kappa shape index (κ1) is 23.6. The molecule has 7 nitrogen and oxygen atoms in total. The van der Waals surface area contributed by atoms with Crippen LogP contribution in [-0.2, 0) is 16.4 Å². The van der Waals surface area contributed by atoms with E-state index < -0.39 is 16.4 Å². The molecular formula is C14H22F2IN3O4S. The third kappa shape index (κ3) is 9.63. The van der Waals surface area contributed by atoms with Gasteiger partial charge in [0.15, 0.2) is 5.96 Å². The summed E-state index contributed by atoms with van der Waals surface area (Å²) in [4.78, 5) is 3.94. The lowest BCUT2D eigenvalue weighted by molar-refractivity contribution is -0.0505. The second-order valence-corrected chi connectivity index (χ2v) is 7.09. The highest BCUT2D eigenvalue weighted by atomic mass is 127. The van der Waals surface area contributed by atoms with E-state index in [0.717, 1.165) is 6.26 Å². The van der Waals surface area contributed by atoms with Gasteiger partial charge in [-0.25, -0.2) is 8.42 Å². The molecule has 1 aromatic carbocycles. The predicted molar refractivity (Wildman–Crippen MR) is 103 cm³/mol. The van der Waals surface area contributed by atoms with E-state index in [-0.39, 0.29) is 48.6 Å². The Morgan fingerprint density at radius 2 is 2.00 bits per heavy atom. The molecule has 0 atom stereocenters. The summed E-state index contributed by atoms with van der Waals surface area (Å²) in [6.45, 7) is -2.63. The van der Waals surface area contributed by atoms with Crippen molar-refractivity contribution < 1.29 is 26.7 Å². The number of sulfone groups is 1. The molecule has 144 valence electrons. The number of nitrogens with zero attached hydrogens (tertiary/aromatic N) is 1. The van der Waals surface area contributed by atoms with Crippen LogP contribution in [0.5, 0.6) is 11.5 Å². The Morgan fingerprint density at radius 3 is 2.52 bits per heavy atom. The topological polar surface area (TPSA) is 89.0 Å². The molecule has 0 saturated heterocycles. The number of guanidine groups is 1. The first-order valence-electron chi connectivity index (χ1n) is 6.99. The van der Waals surface area contributed by atoms with Crippen LogP contribution in [0.15, 0.2) is 23.2 Å². The molecule has 0 aliphatic carbocycles. The van der Waals surface area contributed by atoms with Gasteiger partial charge in [-0.2, -0.15) is 8.78 Å². The first-order chi connectivity index (χ1) is 11.2. The van der Waals surface area contributed by atoms with E-state index in [0.29, 0.717) is 17.3 Å². The van der Waals surface area contributed by atoms with E-state index in [2.05, 4.69) is 20.4 Å². The molecule has 0 spiro atoms. The third-order valence-electron chi connectivity index (χ3n) is 2.92. The zero-order valence-corrected chi connectivity index (χ0v) is 17.2. The fourth-order valence-electron chi connectivity index (χ4n) is 1.79. The Balaban J connectivity index is 0.00000576. The number of hydrogen-bond donors (Lipinski definition) is 2. The molecule has 1 aromatic rings. The monoisotopic (exact) mass is 493 g/mol. The van der Waals surface area contributed by atoms with Crippen LogP contribution in [0.2, 0.25) is 0 Å². The zero-order chi connectivity index (χ0) is 18.2. The van der Waals surface area contributed by atoms with Crippen LogP contribution >= 0.6 is 24.0 Å². The van der Waals surface area contributed by atoms with E-state index in [1.165, 1.54) is 26.3 Å². The van der Waals surface area contributed by atoms with Crippen LogP contribution in [-0.4, -0.2) is 53.7 Å². The van der Waals surface area contributed by atoms with E-state index in [1.807, 2.05) is 0 Å². The van der Waals surface area contributed by atoms with Gasteiger partial charge in [0.2, 0.25) is 0 Å². The largest absolute Gasteiger partial charge is 0.497 e. The van der Waals surface area contributed by atoms with Gasteiger partial charge in [0.1, 0.15) is 21.3 Å². The highest BCUT2D eigenvalue weighted by Crippen LogP contribution is 2.25. The smallest absolute Gasteiger partial charge is 0.387 e. The summed E-state index contributed by atoms with van der Waals surface area (Å²) in [5.74, 6) is 0.801. The molecule has 11 heteroatoms. The average molecular weight is 493 g/mol. The maximum absolute atomic E-state index is 12.5. The fourth-order valence-corrected chi connectivity index (χ4v) is 2.26. The minimum atomic E-state index is -3.09. The Morgan fingerprint density at radius 1 is 1.32 bits per heavy atom. The summed E-state index contributed by atoms with van der Waals surface area (Å²) < 4.78 is 56.6. The van der Waals surface area contributed by atoms with Crippen molar-refractivity contribution in [1.29, 1.82) is 0 Å². The van der Waals surface area contributed by atoms with Crippen molar-refractivity contribution >= 4 is 39.8 Å². The molecule has 0 saturated carbocycles. The molecule has 25 heavy (non-hydrogen) atoms. The normalized spacial score (nSPS) is 11.7. The number of hydrogen-bond acceptors (Lipinski definition) is 5. The summed E-state index contributed by atoms with van der Waals surface area (Å²) in [6.07, 6.45) is 1.13. The summed E-state index contributed by atoms with van der Waals surface area (Å²) in [6, 6.07) is 4.47. The summed E-state index contributed by atoms with van der Waals surface area (Å²) in [5, 5.41) is 5.73. The molecule has 0 fully saturated rings. The van der Waals surface area contributed by atoms with Crippen molar-refractivity contribution in [3.8, 4) is 11.5 Å². The molecule has 2 N–H and O–H groups in total. The molecule has 0 unspecified atom stereocenters. The lowest BCUT2D eigenvalue weighted by atomic mass is 10.2. The van der Waals surface area contributed by atoms with Crippen molar-refractivity contribution in [3.05, 3.63) is 23.8 Å². The molecule has 0 aliphatic rings. The van der Waals surface area contributed by atoms with Gasteiger partial charge in [0, 0.05) is 32.0 Å². The Bertz CT molecular complexity index is 672. The number of methoxy groups -OCH3 is 1. The van der Waals surface area contributed by atoms with Gasteiger partial charge in [-0.05, 0) is 18.2 Å². The highest BCUT2D eigenvalue weighted by Gasteiger charge is 2.12. The third-order valence-corrected chi connectivity index (χ3v) is 3.86. The van der Waals surface area contributed by atoms with Crippen molar-refractivity contribution in [1.82, 2.24) is 10.6 Å². The lowest BCUT2D eigenvalue weighted by Crippen LogP contribution is -2.39. The number of aliphatic imine (C=N–C) groups is 1. The van der Waals surface area contributed by atoms with Gasteiger partial charge in [0.25, 0.3) is 0 Å². The maximum atomic E-state index is 12.5. The minimum absolute atomic E-state index is 0. The van der Waals surface area contributed by atoms with E-state index >= 15 is 0 Å². The van der Waals surface area contributed by atoms with Gasteiger partial charge in [-0.15, -0.1) is 24.0 Å². The standard InChI is InChI=1S/C14H21F2N3O4S.HI/c1-17-14(18-6-7-24(3,20)21)19-9-10-8-11(22-2)4-5-12(10)23-13(15)16;/h4-5,8,13H,6-7,9H2,1-3H3,(H2,17,18,19);1H. The average Bonchev–Trinajstić information content (AvgIpc) is 2.50. The number of benzene rings is 1. The quantitative estimate of drug-likeness (QED) is 0.325. The number of ether oxygens (including phenoxy) is 2. The summed E-state index contributed by atoms with van der Waals surface area (Å²) >= 11 is 0. The summed E-state index contributed by atoms with van der Waals surface area (Å²) in [5.41, 5.74) is 0.445. The fraction of sp³-hybridized carbons (Fsp3) is 0.500. The number of rotatable bonds is 8. The van der Waals surface area contributed by atoms with Crippen LogP contribution in [0, 0.1) is 0 Å². The van der Waals surface area contributed by atoms with Crippen LogP contribution < -0.4 is 20.1 Å². The Hall–Kier alpha value is -1.37. The molecule has 0 aromatic heterocycles. The lowest BCUT2D eigenvalue weighted by Gasteiger charge is -2.15. The molecule has 0 aliphatic heterocycles. The van der Waals surface area contributed by atoms with Crippen LogP contribution in [0.3, 0.4) is 0 Å². The van der Waals surface area contributed by atoms with Gasteiger partial charge in [-0.1, -0.05) is 0 Å². The van der Waals surface area contributed by atoms with E-state index in [1.54, 1.807) is 6.07 Å². The van der Waals surface area contributed by atoms with Crippen LogP contribution in [0.25, 0.3) is 0 Å². The van der Waals surface area contributed by atoms with Crippen molar-refractivity contribution in [2.75, 3.05) is 32.7 Å². The second kappa shape index (κ2) is 11.3. The molecule has 0 radical (unpaired) electrons. The zero-order valence-electron chi connectivity index (χ0n) is 14.1. The number of alkyl halides is 2. The molecule has 1 rings (SSSR count). The van der Waals surface area contributed by atoms with Crippen molar-refractivity contribution in [2.24, 2.45) is 4.99 Å². The molecule has 0 amide bonds. The van der Waals surface area contributed by atoms with Gasteiger partial charge in [0.05, 0.1) is 12.9 Å². The molecular weight excluding hydrogens is 471 g/mol. The number of halogens is 3. The van der Waals surface area contributed by atoms with Crippen molar-refractivity contribution in [2.45, 2.75) is 13.2 Å². The maximum Gasteiger partial charge on any atom is 0.387 e. The molecule has 0 heterocycles. The molecule has 0 bridgehead atoms. The summed E-state index contributed by atoms with van der Waals surface area (Å²) in [7, 11) is -0.113. The van der Waals surface area contributed by atoms with E-state index in [9.17, 15) is 17.2 Å². The predicted octanol–water partition coefficient (Wildman–Crippen LogP) is 1.62. The van der Waals surface area contributed by atoms with Crippen molar-refractivity contribution in [3.63, 3.8) is 0 Å². The van der Waals surface area contributed by atoms with Crippen LogP contribution in [0.1, 0.15) is 5.56 Å². The first-order valence-corrected chi connectivity index (χ1v) is 9.05. The van der Waals surface area contributed by atoms with Gasteiger partial charge >= 0.3 is 6.61 Å². The van der Waals surface area contributed by atoms with Crippen LogP contribution in [0.4, 0.5) is 8.78 Å².